The van der Waals surface area contributed by atoms with E-state index in [-0.39, 0.29) is 43.5 Å². The highest BCUT2D eigenvalue weighted by atomic mass is 16.4. The number of nitrogens with two attached hydrogens (primary N) is 1. The predicted octanol–water partition coefficient (Wildman–Crippen LogP) is 1.46. The molecule has 1 aromatic carbocycles. The van der Waals surface area contributed by atoms with Crippen molar-refractivity contribution in [1.82, 2.24) is 14.9 Å². The van der Waals surface area contributed by atoms with E-state index in [1.165, 1.54) is 4.90 Å². The molecular formula is C22H26N4O4. The fourth-order valence-electron chi connectivity index (χ4n) is 4.61. The molecule has 1 aliphatic carbocycles. The average Bonchev–Trinajstić information content (AvgIpc) is 2.74. The van der Waals surface area contributed by atoms with Crippen LogP contribution in [-0.2, 0) is 24.1 Å². The summed E-state index contributed by atoms with van der Waals surface area (Å²) in [7, 11) is 0. The summed E-state index contributed by atoms with van der Waals surface area (Å²) in [5, 5.41) is 20.8. The maximum Gasteiger partial charge on any atom is 0.314 e. The van der Waals surface area contributed by atoms with E-state index >= 15 is 0 Å². The van der Waals surface area contributed by atoms with E-state index in [1.807, 2.05) is 30.3 Å². The van der Waals surface area contributed by atoms with Gasteiger partial charge in [0.05, 0.1) is 6.10 Å². The highest BCUT2D eigenvalue weighted by Crippen LogP contribution is 2.36. The summed E-state index contributed by atoms with van der Waals surface area (Å²) in [5.74, 6) is -1.39. The van der Waals surface area contributed by atoms with Gasteiger partial charge in [-0.1, -0.05) is 30.3 Å². The van der Waals surface area contributed by atoms with Crippen LogP contribution in [-0.4, -0.2) is 56.2 Å². The van der Waals surface area contributed by atoms with Crippen LogP contribution >= 0.6 is 0 Å². The minimum atomic E-state index is -1.48. The van der Waals surface area contributed by atoms with Crippen LogP contribution in [0.5, 0.6) is 0 Å². The number of benzene rings is 1. The highest BCUT2D eigenvalue weighted by Gasteiger charge is 2.50. The Morgan fingerprint density at radius 3 is 2.63 bits per heavy atom. The number of aliphatic carboxylic acids is 1. The Balaban J connectivity index is 1.66. The number of amides is 1. The largest absolute Gasteiger partial charge is 0.481 e. The number of aryl methyl sites for hydroxylation is 1. The van der Waals surface area contributed by atoms with Crippen molar-refractivity contribution in [3.63, 3.8) is 0 Å². The van der Waals surface area contributed by atoms with Crippen LogP contribution in [0.15, 0.2) is 30.3 Å². The number of piperidine rings is 1. The first-order valence-electron chi connectivity index (χ1n) is 10.3. The summed E-state index contributed by atoms with van der Waals surface area (Å²) in [6, 6.07) is 9.18. The first-order chi connectivity index (χ1) is 14.4. The molecule has 4 rings (SSSR count). The molecule has 2 aromatic rings. The SMILES string of the molecule is Nc1nc2c(c(C(=O)N3CC[C@H](O)[C@](Cc4ccccc4)(C(=O)O)C3)n1)CCCC2. The number of carbonyl (C=O) groups excluding carboxylic acids is 1. The number of hydrogen-bond donors (Lipinski definition) is 3. The Kier molecular flexibility index (Phi) is 5.42. The molecule has 2 atom stereocenters. The maximum atomic E-state index is 13.4. The zero-order valence-electron chi connectivity index (χ0n) is 16.8. The van der Waals surface area contributed by atoms with E-state index in [9.17, 15) is 19.8 Å². The molecule has 30 heavy (non-hydrogen) atoms. The highest BCUT2D eigenvalue weighted by molar-refractivity contribution is 5.95. The van der Waals surface area contributed by atoms with Crippen molar-refractivity contribution in [2.45, 2.75) is 44.6 Å². The standard InChI is InChI=1S/C22H26N4O4/c23-21-24-16-9-5-4-8-15(16)18(25-21)19(28)26-11-10-17(27)22(13-26,20(29)30)12-14-6-2-1-3-7-14/h1-3,6-7,17,27H,4-5,8-13H2,(H,29,30)(H2,23,24,25)/t17-,22+/m0/s1. The number of fused-ring (bicyclic) bond motifs is 1. The van der Waals surface area contributed by atoms with Crippen molar-refractivity contribution in [1.29, 1.82) is 0 Å². The van der Waals surface area contributed by atoms with Crippen molar-refractivity contribution in [3.05, 3.63) is 52.8 Å². The van der Waals surface area contributed by atoms with E-state index < -0.39 is 17.5 Å². The number of aliphatic hydroxyl groups is 1. The fraction of sp³-hybridized carbons (Fsp3) is 0.455. The van der Waals surface area contributed by atoms with Gasteiger partial charge >= 0.3 is 5.97 Å². The summed E-state index contributed by atoms with van der Waals surface area (Å²) in [6.45, 7) is 0.179. The van der Waals surface area contributed by atoms with Crippen LogP contribution in [0.25, 0.3) is 0 Å². The zero-order chi connectivity index (χ0) is 21.3. The van der Waals surface area contributed by atoms with Crippen LogP contribution in [0, 0.1) is 5.41 Å². The van der Waals surface area contributed by atoms with Crippen LogP contribution in [0.3, 0.4) is 0 Å². The van der Waals surface area contributed by atoms with Gasteiger partial charge in [0.2, 0.25) is 5.95 Å². The first-order valence-corrected chi connectivity index (χ1v) is 10.3. The molecule has 0 saturated carbocycles. The van der Waals surface area contributed by atoms with Gasteiger partial charge in [0.15, 0.2) is 0 Å². The van der Waals surface area contributed by atoms with Gasteiger partial charge in [0, 0.05) is 24.3 Å². The zero-order valence-corrected chi connectivity index (χ0v) is 16.8. The van der Waals surface area contributed by atoms with Gasteiger partial charge in [0.1, 0.15) is 11.1 Å². The van der Waals surface area contributed by atoms with Crippen LogP contribution in [0.1, 0.15) is 46.6 Å². The molecule has 8 heteroatoms. The molecule has 0 unspecified atom stereocenters. The van der Waals surface area contributed by atoms with Gasteiger partial charge in [-0.15, -0.1) is 0 Å². The molecule has 4 N–H and O–H groups in total. The molecular weight excluding hydrogens is 384 g/mol. The van der Waals surface area contributed by atoms with Crippen molar-refractivity contribution < 1.29 is 19.8 Å². The summed E-state index contributed by atoms with van der Waals surface area (Å²) in [6.07, 6.45) is 2.68. The summed E-state index contributed by atoms with van der Waals surface area (Å²) >= 11 is 0. The Morgan fingerprint density at radius 1 is 1.17 bits per heavy atom. The normalized spacial score (nSPS) is 23.6. The molecule has 8 nitrogen and oxygen atoms in total. The quantitative estimate of drug-likeness (QED) is 0.696. The number of aliphatic hydroxyl groups excluding tert-OH is 1. The third-order valence-electron chi connectivity index (χ3n) is 6.26. The van der Waals surface area contributed by atoms with Crippen molar-refractivity contribution in [2.75, 3.05) is 18.8 Å². The number of carboxylic acids is 1. The third-order valence-corrected chi connectivity index (χ3v) is 6.26. The van der Waals surface area contributed by atoms with Gasteiger partial charge in [0.25, 0.3) is 5.91 Å². The number of rotatable bonds is 4. The number of nitrogens with zero attached hydrogens (tertiary/aromatic N) is 3. The lowest BCUT2D eigenvalue weighted by atomic mass is 9.72. The molecule has 2 heterocycles. The minimum absolute atomic E-state index is 0.0600. The lowest BCUT2D eigenvalue weighted by Crippen LogP contribution is -2.58. The predicted molar refractivity (Wildman–Crippen MR) is 110 cm³/mol. The molecule has 1 aromatic heterocycles. The van der Waals surface area contributed by atoms with E-state index in [0.717, 1.165) is 36.1 Å². The molecule has 1 saturated heterocycles. The molecule has 1 fully saturated rings. The van der Waals surface area contributed by atoms with E-state index in [0.29, 0.717) is 6.42 Å². The molecule has 0 bridgehead atoms. The Bertz CT molecular complexity index is 965. The second-order valence-electron chi connectivity index (χ2n) is 8.22. The number of hydrogen-bond acceptors (Lipinski definition) is 6. The van der Waals surface area contributed by atoms with Gasteiger partial charge < -0.3 is 20.8 Å². The van der Waals surface area contributed by atoms with Crippen LogP contribution < -0.4 is 5.73 Å². The second-order valence-corrected chi connectivity index (χ2v) is 8.22. The molecule has 158 valence electrons. The number of carbonyl (C=O) groups is 2. The Morgan fingerprint density at radius 2 is 1.90 bits per heavy atom. The van der Waals surface area contributed by atoms with Gasteiger partial charge in [-0.05, 0) is 44.1 Å². The molecule has 1 amide bonds. The summed E-state index contributed by atoms with van der Waals surface area (Å²) in [5.41, 5.74) is 7.07. The summed E-state index contributed by atoms with van der Waals surface area (Å²) in [4.78, 5) is 35.7. The number of aromatic nitrogens is 2. The molecule has 0 radical (unpaired) electrons. The van der Waals surface area contributed by atoms with Gasteiger partial charge in [-0.3, -0.25) is 9.59 Å². The van der Waals surface area contributed by atoms with Crippen molar-refractivity contribution in [2.24, 2.45) is 5.41 Å². The fourth-order valence-corrected chi connectivity index (χ4v) is 4.61. The lowest BCUT2D eigenvalue weighted by molar-refractivity contribution is -0.161. The molecule has 1 aliphatic heterocycles. The minimum Gasteiger partial charge on any atom is -0.481 e. The summed E-state index contributed by atoms with van der Waals surface area (Å²) < 4.78 is 0. The number of nitrogen functional groups attached to an aromatic ring is 1. The Hall–Kier alpha value is -3.00. The van der Waals surface area contributed by atoms with Crippen LogP contribution in [0.2, 0.25) is 0 Å². The van der Waals surface area contributed by atoms with Crippen molar-refractivity contribution in [3.8, 4) is 0 Å². The lowest BCUT2D eigenvalue weighted by Gasteiger charge is -2.43. The van der Waals surface area contributed by atoms with Gasteiger partial charge in [-0.25, -0.2) is 9.97 Å². The van der Waals surface area contributed by atoms with E-state index in [1.54, 1.807) is 0 Å². The average molecular weight is 410 g/mol. The molecule has 2 aliphatic rings. The molecule has 0 spiro atoms. The maximum absolute atomic E-state index is 13.4. The van der Waals surface area contributed by atoms with Gasteiger partial charge in [-0.2, -0.15) is 0 Å². The number of anilines is 1. The monoisotopic (exact) mass is 410 g/mol. The third kappa shape index (κ3) is 3.63. The second kappa shape index (κ2) is 8.02. The van der Waals surface area contributed by atoms with Crippen LogP contribution in [0.4, 0.5) is 5.95 Å². The van der Waals surface area contributed by atoms with E-state index in [2.05, 4.69) is 9.97 Å². The number of carboxylic acid groups (broad SMARTS) is 1. The number of likely N-dealkylation sites (tertiary alicyclic amines) is 1. The first kappa shape index (κ1) is 20.3. The topological polar surface area (TPSA) is 130 Å². The van der Waals surface area contributed by atoms with E-state index in [4.69, 9.17) is 5.73 Å². The smallest absolute Gasteiger partial charge is 0.314 e. The Labute approximate surface area is 174 Å². The van der Waals surface area contributed by atoms with Crippen molar-refractivity contribution >= 4 is 17.8 Å².